The molecule has 1 N–H and O–H groups in total. The van der Waals surface area contributed by atoms with Crippen LogP contribution in [0, 0.1) is 0 Å². The summed E-state index contributed by atoms with van der Waals surface area (Å²) in [6.07, 6.45) is -2.87. The largest absolute Gasteiger partial charge is 0.416 e. The van der Waals surface area contributed by atoms with Crippen molar-refractivity contribution in [2.75, 3.05) is 5.32 Å². The summed E-state index contributed by atoms with van der Waals surface area (Å²) in [5.74, 6) is 0. The van der Waals surface area contributed by atoms with Crippen LogP contribution in [0.3, 0.4) is 0 Å². The number of hydrogen-bond acceptors (Lipinski definition) is 1. The average molecular weight is 304 g/mol. The van der Waals surface area contributed by atoms with Crippen LogP contribution < -0.4 is 5.32 Å². The van der Waals surface area contributed by atoms with Crippen molar-refractivity contribution in [3.63, 3.8) is 0 Å². The molecule has 6 heteroatoms. The number of carbonyl (C=O) groups excluding carboxylic acids is 1. The van der Waals surface area contributed by atoms with E-state index in [4.69, 9.17) is 0 Å². The highest BCUT2D eigenvalue weighted by Crippen LogP contribution is 2.30. The second-order valence-corrected chi connectivity index (χ2v) is 4.75. The molecule has 1 aromatic heterocycles. The zero-order chi connectivity index (χ0) is 15.7. The van der Waals surface area contributed by atoms with Gasteiger partial charge >= 0.3 is 12.2 Å². The third kappa shape index (κ3) is 2.67. The summed E-state index contributed by atoms with van der Waals surface area (Å²) >= 11 is 0. The number of amides is 1. The minimum Gasteiger partial charge on any atom is -0.307 e. The molecular weight excluding hydrogens is 293 g/mol. The number of halogens is 3. The van der Waals surface area contributed by atoms with Gasteiger partial charge in [-0.3, -0.25) is 4.57 Å². The maximum atomic E-state index is 12.7. The van der Waals surface area contributed by atoms with Crippen LogP contribution in [0.25, 0.3) is 10.9 Å². The van der Waals surface area contributed by atoms with E-state index in [9.17, 15) is 18.0 Å². The van der Waals surface area contributed by atoms with E-state index in [-0.39, 0.29) is 5.69 Å². The van der Waals surface area contributed by atoms with Gasteiger partial charge in [-0.2, -0.15) is 13.2 Å². The van der Waals surface area contributed by atoms with Gasteiger partial charge in [0.1, 0.15) is 0 Å². The Kier molecular flexibility index (Phi) is 3.36. The Balaban J connectivity index is 1.89. The number of para-hydroxylation sites is 1. The number of alkyl halides is 3. The van der Waals surface area contributed by atoms with Crippen molar-refractivity contribution in [3.05, 3.63) is 66.4 Å². The lowest BCUT2D eigenvalue weighted by molar-refractivity contribution is -0.137. The Morgan fingerprint density at radius 2 is 1.77 bits per heavy atom. The fraction of sp³-hybridized carbons (Fsp3) is 0.0625. The number of benzene rings is 2. The van der Waals surface area contributed by atoms with E-state index in [1.54, 1.807) is 24.4 Å². The molecule has 1 heterocycles. The zero-order valence-corrected chi connectivity index (χ0v) is 11.3. The lowest BCUT2D eigenvalue weighted by Crippen LogP contribution is -2.18. The smallest absolute Gasteiger partial charge is 0.307 e. The van der Waals surface area contributed by atoms with E-state index < -0.39 is 17.8 Å². The van der Waals surface area contributed by atoms with E-state index in [2.05, 4.69) is 5.32 Å². The number of hydrogen-bond donors (Lipinski definition) is 1. The fourth-order valence-corrected chi connectivity index (χ4v) is 2.22. The molecule has 22 heavy (non-hydrogen) atoms. The van der Waals surface area contributed by atoms with Gasteiger partial charge in [-0.1, -0.05) is 24.3 Å². The lowest BCUT2D eigenvalue weighted by atomic mass is 10.2. The first-order valence-corrected chi connectivity index (χ1v) is 6.50. The second-order valence-electron chi connectivity index (χ2n) is 4.75. The Bertz CT molecular complexity index is 837. The summed E-state index contributed by atoms with van der Waals surface area (Å²) in [6.45, 7) is 0. The van der Waals surface area contributed by atoms with Gasteiger partial charge < -0.3 is 5.32 Å². The van der Waals surface area contributed by atoms with E-state index in [0.717, 1.165) is 17.5 Å². The SMILES string of the molecule is O=C(Nc1cccc(C(F)(F)F)c1)n1ccc2ccccc21. The molecule has 3 nitrogen and oxygen atoms in total. The normalized spacial score (nSPS) is 11.6. The average Bonchev–Trinajstić information content (AvgIpc) is 2.90. The summed E-state index contributed by atoms with van der Waals surface area (Å²) in [6, 6.07) is 13.0. The molecule has 2 aromatic carbocycles. The maximum absolute atomic E-state index is 12.7. The molecule has 3 aromatic rings. The van der Waals surface area contributed by atoms with Crippen molar-refractivity contribution < 1.29 is 18.0 Å². The number of aromatic nitrogens is 1. The van der Waals surface area contributed by atoms with Crippen molar-refractivity contribution in [3.8, 4) is 0 Å². The Morgan fingerprint density at radius 1 is 1.00 bits per heavy atom. The maximum Gasteiger partial charge on any atom is 0.416 e. The van der Waals surface area contributed by atoms with Crippen LogP contribution in [0.4, 0.5) is 23.7 Å². The van der Waals surface area contributed by atoms with E-state index in [0.29, 0.717) is 5.52 Å². The van der Waals surface area contributed by atoms with Gasteiger partial charge in [0.15, 0.2) is 0 Å². The molecule has 112 valence electrons. The minimum absolute atomic E-state index is 0.0950. The number of anilines is 1. The number of rotatable bonds is 1. The van der Waals surface area contributed by atoms with Gasteiger partial charge in [-0.15, -0.1) is 0 Å². The minimum atomic E-state index is -4.44. The van der Waals surface area contributed by atoms with Crippen LogP contribution in [0.1, 0.15) is 5.56 Å². The molecule has 0 saturated heterocycles. The van der Waals surface area contributed by atoms with E-state index in [1.165, 1.54) is 16.7 Å². The summed E-state index contributed by atoms with van der Waals surface area (Å²) < 4.78 is 39.4. The van der Waals surface area contributed by atoms with Crippen LogP contribution in [0.2, 0.25) is 0 Å². The first-order chi connectivity index (χ1) is 10.4. The van der Waals surface area contributed by atoms with Crippen LogP contribution in [0.5, 0.6) is 0 Å². The molecule has 1 amide bonds. The van der Waals surface area contributed by atoms with Gasteiger partial charge in [-0.25, -0.2) is 4.79 Å². The van der Waals surface area contributed by atoms with Crippen molar-refractivity contribution in [1.29, 1.82) is 0 Å². The Labute approximate surface area is 124 Å². The van der Waals surface area contributed by atoms with Crippen molar-refractivity contribution in [2.24, 2.45) is 0 Å². The molecule has 0 saturated carbocycles. The molecule has 3 rings (SSSR count). The number of nitrogens with one attached hydrogen (secondary N) is 1. The van der Waals surface area contributed by atoms with Crippen LogP contribution in [0.15, 0.2) is 60.8 Å². The van der Waals surface area contributed by atoms with Gasteiger partial charge in [0, 0.05) is 17.3 Å². The van der Waals surface area contributed by atoms with Gasteiger partial charge in [0.05, 0.1) is 11.1 Å². The van der Waals surface area contributed by atoms with Gasteiger partial charge in [0.25, 0.3) is 0 Å². The Hall–Kier alpha value is -2.76. The van der Waals surface area contributed by atoms with Gasteiger partial charge in [-0.05, 0) is 30.3 Å². The molecule has 0 fully saturated rings. The predicted octanol–water partition coefficient (Wildman–Crippen LogP) is 4.74. The third-order valence-corrected chi connectivity index (χ3v) is 3.26. The molecule has 0 spiro atoms. The predicted molar refractivity (Wildman–Crippen MR) is 77.8 cm³/mol. The zero-order valence-electron chi connectivity index (χ0n) is 11.3. The number of carbonyl (C=O) groups is 1. The van der Waals surface area contributed by atoms with Crippen LogP contribution in [-0.4, -0.2) is 10.6 Å². The molecule has 0 bridgehead atoms. The first-order valence-electron chi connectivity index (χ1n) is 6.50. The highest BCUT2D eigenvalue weighted by Gasteiger charge is 2.30. The summed E-state index contributed by atoms with van der Waals surface area (Å²) in [5, 5.41) is 3.35. The molecular formula is C16H11F3N2O. The van der Waals surface area contributed by atoms with E-state index >= 15 is 0 Å². The second kappa shape index (κ2) is 5.22. The number of nitrogens with zero attached hydrogens (tertiary/aromatic N) is 1. The molecule has 0 aliphatic carbocycles. The fourth-order valence-electron chi connectivity index (χ4n) is 2.22. The standard InChI is InChI=1S/C16H11F3N2O/c17-16(18,19)12-5-3-6-13(10-12)20-15(22)21-9-8-11-4-1-2-7-14(11)21/h1-10H,(H,20,22). The quantitative estimate of drug-likeness (QED) is 0.692. The summed E-state index contributed by atoms with van der Waals surface area (Å²) in [5.41, 5.74) is -0.0211. The number of fused-ring (bicyclic) bond motifs is 1. The van der Waals surface area contributed by atoms with Crippen LogP contribution in [-0.2, 0) is 6.18 Å². The Morgan fingerprint density at radius 3 is 2.55 bits per heavy atom. The molecule has 0 aliphatic heterocycles. The summed E-state index contributed by atoms with van der Waals surface area (Å²) in [4.78, 5) is 12.2. The monoisotopic (exact) mass is 304 g/mol. The van der Waals surface area contributed by atoms with Crippen LogP contribution >= 0.6 is 0 Å². The van der Waals surface area contributed by atoms with Gasteiger partial charge in [0.2, 0.25) is 0 Å². The van der Waals surface area contributed by atoms with E-state index in [1.807, 2.05) is 12.1 Å². The third-order valence-electron chi connectivity index (χ3n) is 3.26. The molecule has 0 radical (unpaired) electrons. The highest BCUT2D eigenvalue weighted by atomic mass is 19.4. The first kappa shape index (κ1) is 14.2. The van der Waals surface area contributed by atoms with Crippen molar-refractivity contribution in [1.82, 2.24) is 4.57 Å². The highest BCUT2D eigenvalue weighted by molar-refractivity contribution is 5.98. The topological polar surface area (TPSA) is 34.0 Å². The molecule has 0 unspecified atom stereocenters. The summed E-state index contributed by atoms with van der Waals surface area (Å²) in [7, 11) is 0. The van der Waals surface area contributed by atoms with Crippen molar-refractivity contribution in [2.45, 2.75) is 6.18 Å². The van der Waals surface area contributed by atoms with Crippen molar-refractivity contribution >= 4 is 22.6 Å². The molecule has 0 atom stereocenters. The lowest BCUT2D eigenvalue weighted by Gasteiger charge is -2.10. The molecule has 0 aliphatic rings.